The number of quaternary nitrogens is 2. The minimum absolute atomic E-state index is 0.0215. The third-order valence-electron chi connectivity index (χ3n) is 19.7. The summed E-state index contributed by atoms with van der Waals surface area (Å²) in [6, 6.07) is 31.3. The van der Waals surface area contributed by atoms with Gasteiger partial charge < -0.3 is 30.3 Å². The largest absolute Gasteiger partial charge is 0.507 e. The van der Waals surface area contributed by atoms with Crippen LogP contribution in [0.25, 0.3) is 0 Å². The average molecular weight is 1470 g/mol. The van der Waals surface area contributed by atoms with Crippen molar-refractivity contribution in [3.63, 3.8) is 0 Å². The summed E-state index contributed by atoms with van der Waals surface area (Å²) in [6.45, 7) is 6.26. The standard InChI is InChI=1S/C82H104Br2N4O10/c1-3-5-7-23-33-59(35-25-19-15-11-9-13-17-21-31-51-85-81(95)97-53-49-57-41-43-65(83)69(55-57)87-67-45-47-71(89)75-73(67)77(91)61-37-27-29-39-63(61)79(75)93)60(34-24-8-6-4-2)36-26-20-16-12-10-14-18-22-32-52-86-82(96)98-54-50-58-42-44-66(84)70(56-58)88-68-46-48-72(90)76-74(68)78(92)62-38-28-30-40-64(62)80(76)94/h27-30,37-48,55-56,59-60,87-90H,3-26,31-36,49-54H2,1-2H3,(H,85,95)(H,86,96)/p+2. The van der Waals surface area contributed by atoms with E-state index in [-0.39, 0.29) is 81.2 Å². The Morgan fingerprint density at radius 3 is 1.03 bits per heavy atom. The number of hydrogen-bond donors (Lipinski definition) is 6. The molecule has 0 aliphatic heterocycles. The quantitative estimate of drug-likeness (QED) is 0.0120. The Hall–Kier alpha value is -6.98. The summed E-state index contributed by atoms with van der Waals surface area (Å²) in [5, 5.41) is 30.8. The fourth-order valence-corrected chi connectivity index (χ4v) is 14.9. The van der Waals surface area contributed by atoms with Crippen LogP contribution < -0.4 is 21.3 Å². The number of unbranched alkanes of at least 4 members (excludes halogenated alkanes) is 22. The Kier molecular flexibility index (Phi) is 32.6. The van der Waals surface area contributed by atoms with Crippen molar-refractivity contribution in [2.24, 2.45) is 11.8 Å². The second kappa shape index (κ2) is 41.6. The van der Waals surface area contributed by atoms with Crippen molar-refractivity contribution in [1.82, 2.24) is 10.6 Å². The molecule has 0 spiro atoms. The molecule has 2 unspecified atom stereocenters. The van der Waals surface area contributed by atoms with E-state index in [9.17, 15) is 39.0 Å². The summed E-state index contributed by atoms with van der Waals surface area (Å²) < 4.78 is 12.7. The number of alkyl carbamates (subject to hydrolysis) is 2. The van der Waals surface area contributed by atoms with Gasteiger partial charge in [0.15, 0.2) is 11.6 Å². The van der Waals surface area contributed by atoms with Crippen LogP contribution in [0.3, 0.4) is 0 Å². The molecule has 2 amide bonds. The molecule has 6 aromatic rings. The van der Waals surface area contributed by atoms with Crippen LogP contribution in [0.4, 0.5) is 32.3 Å². The number of phenolic OH excluding ortho intramolecular Hbond substituents is 2. The first-order valence-electron chi connectivity index (χ1n) is 36.9. The number of nitrogens with two attached hydrogens (primary N) is 2. The molecule has 16 heteroatoms. The summed E-state index contributed by atoms with van der Waals surface area (Å²) in [5.41, 5.74) is 6.19. The van der Waals surface area contributed by atoms with E-state index in [2.05, 4.69) is 56.3 Å². The Morgan fingerprint density at radius 2 is 0.694 bits per heavy atom. The number of halogens is 2. The fourth-order valence-electron chi connectivity index (χ4n) is 14.2. The molecule has 14 nitrogen and oxygen atoms in total. The van der Waals surface area contributed by atoms with Gasteiger partial charge in [0.25, 0.3) is 0 Å². The van der Waals surface area contributed by atoms with Gasteiger partial charge in [-0.15, -0.1) is 0 Å². The molecule has 0 heterocycles. The molecule has 0 bridgehead atoms. The molecule has 526 valence electrons. The van der Waals surface area contributed by atoms with E-state index in [1.807, 2.05) is 47.0 Å². The molecule has 0 fully saturated rings. The lowest BCUT2D eigenvalue weighted by molar-refractivity contribution is -0.480. The highest BCUT2D eigenvalue weighted by Crippen LogP contribution is 2.39. The lowest BCUT2D eigenvalue weighted by atomic mass is 9.78. The van der Waals surface area contributed by atoms with Crippen molar-refractivity contribution in [2.45, 2.75) is 219 Å². The molecule has 6 aromatic carbocycles. The van der Waals surface area contributed by atoms with E-state index in [4.69, 9.17) is 9.47 Å². The number of aromatic hydroxyl groups is 2. The molecule has 8 rings (SSSR count). The zero-order valence-electron chi connectivity index (χ0n) is 58.1. The number of benzene rings is 6. The molecule has 0 saturated carbocycles. The van der Waals surface area contributed by atoms with Crippen LogP contribution in [0, 0.1) is 11.8 Å². The monoisotopic (exact) mass is 1460 g/mol. The maximum absolute atomic E-state index is 13.6. The smallest absolute Gasteiger partial charge is 0.407 e. The van der Waals surface area contributed by atoms with Gasteiger partial charge in [-0.1, -0.05) is 254 Å². The predicted molar refractivity (Wildman–Crippen MR) is 397 cm³/mol. The van der Waals surface area contributed by atoms with Gasteiger partial charge >= 0.3 is 12.2 Å². The topological polar surface area (TPSA) is 219 Å². The van der Waals surface area contributed by atoms with Gasteiger partial charge in [-0.2, -0.15) is 0 Å². The van der Waals surface area contributed by atoms with Crippen LogP contribution in [-0.2, 0) is 22.3 Å². The lowest BCUT2D eigenvalue weighted by Gasteiger charge is -2.28. The Morgan fingerprint density at radius 1 is 0.388 bits per heavy atom. The zero-order valence-corrected chi connectivity index (χ0v) is 61.2. The normalized spacial score (nSPS) is 13.0. The van der Waals surface area contributed by atoms with Crippen LogP contribution in [0.1, 0.15) is 281 Å². The van der Waals surface area contributed by atoms with Crippen LogP contribution in [0.15, 0.2) is 118 Å². The Bertz CT molecular complexity index is 3380. The molecule has 0 radical (unpaired) electrons. The van der Waals surface area contributed by atoms with E-state index in [1.165, 1.54) is 179 Å². The number of carbonyl (C=O) groups is 6. The highest BCUT2D eigenvalue weighted by molar-refractivity contribution is 9.11. The summed E-state index contributed by atoms with van der Waals surface area (Å²) in [7, 11) is 0. The predicted octanol–water partition coefficient (Wildman–Crippen LogP) is 19.4. The van der Waals surface area contributed by atoms with Crippen molar-refractivity contribution in [3.8, 4) is 11.5 Å². The Labute approximate surface area is 598 Å². The van der Waals surface area contributed by atoms with Crippen LogP contribution >= 0.6 is 31.9 Å². The number of ketones is 4. The fraction of sp³-hybridized carbons (Fsp3) is 0.488. The number of nitrogens with one attached hydrogen (secondary N) is 2. The molecule has 8 N–H and O–H groups in total. The van der Waals surface area contributed by atoms with Gasteiger partial charge in [0.05, 0.1) is 44.4 Å². The first-order valence-corrected chi connectivity index (χ1v) is 38.5. The molecule has 2 aliphatic rings. The SMILES string of the molecule is CCCCCCC(CCCCCCCCCCCNC(=O)OCCc1ccc(Br)c([NH2+]c2ccc(O)c3c2C(=O)c2ccccc2C3=O)c1)C(CCCCCC)CCCCCCCCCCCNC(=O)OCCc1ccc(Br)c([NH2+]c2ccc(O)c3c2C(=O)c2ccccc2C3=O)c1. The third-order valence-corrected chi connectivity index (χ3v) is 21.2. The molecular weight excluding hydrogens is 1360 g/mol. The zero-order chi connectivity index (χ0) is 69.4. The van der Waals surface area contributed by atoms with Crippen molar-refractivity contribution >= 4 is 89.9 Å². The highest BCUT2D eigenvalue weighted by Gasteiger charge is 2.37. The van der Waals surface area contributed by atoms with Crippen molar-refractivity contribution in [1.29, 1.82) is 0 Å². The van der Waals surface area contributed by atoms with Gasteiger partial charge in [-0.05, 0) is 91.9 Å². The lowest BCUT2D eigenvalue weighted by Crippen LogP contribution is -2.72. The summed E-state index contributed by atoms with van der Waals surface area (Å²) in [4.78, 5) is 79.2. The van der Waals surface area contributed by atoms with E-state index >= 15 is 0 Å². The molecule has 98 heavy (non-hydrogen) atoms. The van der Waals surface area contributed by atoms with E-state index in [0.717, 1.165) is 69.0 Å². The van der Waals surface area contributed by atoms with Crippen LogP contribution in [0.2, 0.25) is 0 Å². The van der Waals surface area contributed by atoms with Gasteiger partial charge in [-0.25, -0.2) is 9.59 Å². The molecule has 0 saturated heterocycles. The number of phenols is 2. The van der Waals surface area contributed by atoms with Crippen LogP contribution in [0.5, 0.6) is 11.5 Å². The first-order chi connectivity index (χ1) is 47.8. The summed E-state index contributed by atoms with van der Waals surface area (Å²) in [5.74, 6) is -0.0701. The summed E-state index contributed by atoms with van der Waals surface area (Å²) >= 11 is 7.26. The van der Waals surface area contributed by atoms with E-state index < -0.39 is 12.2 Å². The minimum atomic E-state index is -0.413. The van der Waals surface area contributed by atoms with Crippen molar-refractivity contribution in [2.75, 3.05) is 26.3 Å². The Balaban J connectivity index is 0.633. The number of ether oxygens (including phenoxy) is 2. The third kappa shape index (κ3) is 23.0. The number of hydrogen-bond acceptors (Lipinski definition) is 10. The maximum atomic E-state index is 13.6. The molecule has 0 aromatic heterocycles. The number of fused-ring (bicyclic) bond motifs is 4. The number of carbonyl (C=O) groups excluding carboxylic acids is 6. The van der Waals surface area contributed by atoms with Crippen molar-refractivity contribution < 1.29 is 59.1 Å². The van der Waals surface area contributed by atoms with Crippen molar-refractivity contribution in [3.05, 3.63) is 174 Å². The second-order valence-corrected chi connectivity index (χ2v) is 28.8. The second-order valence-electron chi connectivity index (χ2n) is 27.0. The molecule has 2 atom stereocenters. The van der Waals surface area contributed by atoms with Crippen LogP contribution in [-0.4, -0.2) is 71.8 Å². The van der Waals surface area contributed by atoms with E-state index in [0.29, 0.717) is 48.4 Å². The van der Waals surface area contributed by atoms with Gasteiger partial charge in [0, 0.05) is 72.5 Å². The summed E-state index contributed by atoms with van der Waals surface area (Å²) in [6.07, 6.45) is 38.6. The maximum Gasteiger partial charge on any atom is 0.407 e. The average Bonchev–Trinajstić information content (AvgIpc) is 0.752. The number of amides is 2. The highest BCUT2D eigenvalue weighted by atomic mass is 79.9. The van der Waals surface area contributed by atoms with Gasteiger partial charge in [0.1, 0.15) is 34.2 Å². The number of rotatable bonds is 45. The minimum Gasteiger partial charge on any atom is -0.507 e. The molecule has 2 aliphatic carbocycles. The molecular formula is C82H106Br2N4O10+2. The van der Waals surface area contributed by atoms with E-state index in [1.54, 1.807) is 60.7 Å². The van der Waals surface area contributed by atoms with Gasteiger partial charge in [-0.3, -0.25) is 29.8 Å². The first kappa shape index (κ1) is 76.8. The van der Waals surface area contributed by atoms with Gasteiger partial charge in [0.2, 0.25) is 11.6 Å².